The quantitative estimate of drug-likeness (QED) is 0.572. The summed E-state index contributed by atoms with van der Waals surface area (Å²) in [6.45, 7) is 2.05. The summed E-state index contributed by atoms with van der Waals surface area (Å²) in [5, 5.41) is 4.29. The predicted octanol–water partition coefficient (Wildman–Crippen LogP) is 2.57. The van der Waals surface area contributed by atoms with Gasteiger partial charge in [0.2, 0.25) is 4.96 Å². The normalized spacial score (nSPS) is 12.4. The Kier molecular flexibility index (Phi) is 3.95. The first-order valence-corrected chi connectivity index (χ1v) is 8.57. The van der Waals surface area contributed by atoms with Gasteiger partial charge < -0.3 is 0 Å². The first-order valence-electron chi connectivity index (χ1n) is 7.75. The second-order valence-corrected chi connectivity index (χ2v) is 6.62. The van der Waals surface area contributed by atoms with Crippen LogP contribution in [-0.4, -0.2) is 19.6 Å². The van der Waals surface area contributed by atoms with Crippen molar-refractivity contribution in [2.75, 3.05) is 0 Å². The van der Waals surface area contributed by atoms with E-state index in [-0.39, 0.29) is 5.56 Å². The van der Waals surface area contributed by atoms with Crippen LogP contribution in [0.4, 0.5) is 0 Å². The maximum Gasteiger partial charge on any atom is 0.291 e. The van der Waals surface area contributed by atoms with Crippen molar-refractivity contribution >= 4 is 34.5 Å². The number of aryl methyl sites for hydroxylation is 1. The molecular formula is C19H14N4OS. The van der Waals surface area contributed by atoms with Crippen molar-refractivity contribution in [3.8, 4) is 0 Å². The van der Waals surface area contributed by atoms with Crippen LogP contribution in [0.15, 0.2) is 53.6 Å². The molecule has 0 bridgehead atoms. The number of rotatable bonds is 3. The van der Waals surface area contributed by atoms with Crippen LogP contribution >= 0.6 is 11.3 Å². The van der Waals surface area contributed by atoms with E-state index in [1.54, 1.807) is 18.5 Å². The summed E-state index contributed by atoms with van der Waals surface area (Å²) < 4.78 is 1.94. The number of thiazole rings is 1. The van der Waals surface area contributed by atoms with E-state index in [9.17, 15) is 4.79 Å². The first-order chi connectivity index (χ1) is 12.2. The van der Waals surface area contributed by atoms with Gasteiger partial charge in [-0.1, -0.05) is 53.3 Å². The average Bonchev–Trinajstić information content (AvgIpc) is 3.15. The van der Waals surface area contributed by atoms with Crippen LogP contribution in [-0.2, 0) is 0 Å². The van der Waals surface area contributed by atoms with Crippen LogP contribution in [0.5, 0.6) is 0 Å². The summed E-state index contributed by atoms with van der Waals surface area (Å²) in [5.74, 6) is 0.525. The highest BCUT2D eigenvalue weighted by Gasteiger charge is 2.08. The number of aromatic nitrogens is 4. The molecule has 6 heteroatoms. The molecule has 4 rings (SSSR count). The fourth-order valence-electron chi connectivity index (χ4n) is 2.38. The highest BCUT2D eigenvalue weighted by atomic mass is 32.1. The van der Waals surface area contributed by atoms with Gasteiger partial charge in [-0.25, -0.2) is 0 Å². The van der Waals surface area contributed by atoms with Crippen molar-refractivity contribution in [1.82, 2.24) is 19.6 Å². The molecule has 122 valence electrons. The number of benzene rings is 1. The van der Waals surface area contributed by atoms with Gasteiger partial charge in [0.1, 0.15) is 0 Å². The molecule has 1 aromatic carbocycles. The summed E-state index contributed by atoms with van der Waals surface area (Å²) in [7, 11) is 0. The van der Waals surface area contributed by atoms with Crippen molar-refractivity contribution in [1.29, 1.82) is 0 Å². The summed E-state index contributed by atoms with van der Waals surface area (Å²) in [6.07, 6.45) is 8.97. The maximum absolute atomic E-state index is 12.5. The molecule has 25 heavy (non-hydrogen) atoms. The standard InChI is InChI=1S/C19H14N4OS/c1-13-4-6-14(7-5-13)8-9-17-21-19-23(22-17)18(24)16(25-19)11-15-3-2-10-20-12-15/h2-12H,1H3/b9-8+,16-11-. The van der Waals surface area contributed by atoms with E-state index in [0.29, 0.717) is 15.3 Å². The first kappa shape index (κ1) is 15.4. The largest absolute Gasteiger partial charge is 0.291 e. The zero-order chi connectivity index (χ0) is 17.2. The summed E-state index contributed by atoms with van der Waals surface area (Å²) >= 11 is 1.32. The Morgan fingerprint density at radius 2 is 1.92 bits per heavy atom. The van der Waals surface area contributed by atoms with Crippen molar-refractivity contribution in [2.45, 2.75) is 6.92 Å². The Morgan fingerprint density at radius 1 is 1.08 bits per heavy atom. The van der Waals surface area contributed by atoms with Gasteiger partial charge in [0.15, 0.2) is 5.82 Å². The molecule has 3 heterocycles. The van der Waals surface area contributed by atoms with E-state index >= 15 is 0 Å². The molecule has 0 spiro atoms. The second kappa shape index (κ2) is 6.41. The lowest BCUT2D eigenvalue weighted by atomic mass is 10.1. The molecule has 0 aliphatic heterocycles. The van der Waals surface area contributed by atoms with E-state index in [2.05, 4.69) is 34.1 Å². The number of fused-ring (bicyclic) bond motifs is 1. The van der Waals surface area contributed by atoms with E-state index in [1.807, 2.05) is 36.4 Å². The lowest BCUT2D eigenvalue weighted by molar-refractivity contribution is 0.925. The molecular weight excluding hydrogens is 332 g/mol. The molecule has 0 radical (unpaired) electrons. The van der Waals surface area contributed by atoms with Crippen molar-refractivity contribution in [3.63, 3.8) is 0 Å². The summed E-state index contributed by atoms with van der Waals surface area (Å²) in [4.78, 5) is 21.5. The fourth-order valence-corrected chi connectivity index (χ4v) is 3.30. The highest BCUT2D eigenvalue weighted by Crippen LogP contribution is 2.09. The summed E-state index contributed by atoms with van der Waals surface area (Å²) in [6, 6.07) is 11.9. The number of hydrogen-bond acceptors (Lipinski definition) is 5. The average molecular weight is 346 g/mol. The minimum absolute atomic E-state index is 0.161. The Morgan fingerprint density at radius 3 is 2.64 bits per heavy atom. The molecule has 0 saturated carbocycles. The third-order valence-corrected chi connectivity index (χ3v) is 4.64. The molecule has 0 aliphatic rings. The topological polar surface area (TPSA) is 60.2 Å². The van der Waals surface area contributed by atoms with Crippen molar-refractivity contribution < 1.29 is 0 Å². The zero-order valence-corrected chi connectivity index (χ0v) is 14.3. The molecule has 4 aromatic rings. The van der Waals surface area contributed by atoms with Crippen molar-refractivity contribution in [2.24, 2.45) is 0 Å². The monoisotopic (exact) mass is 346 g/mol. The third-order valence-electron chi connectivity index (χ3n) is 3.68. The second-order valence-electron chi connectivity index (χ2n) is 5.61. The SMILES string of the molecule is Cc1ccc(/C=C/c2nc3s/c(=C\c4cccnc4)c(=O)n3n2)cc1. The fraction of sp³-hybridized carbons (Fsp3) is 0.0526. The molecule has 0 aliphatic carbocycles. The summed E-state index contributed by atoms with van der Waals surface area (Å²) in [5.41, 5.74) is 3.00. The van der Waals surface area contributed by atoms with Gasteiger partial charge in [0, 0.05) is 12.4 Å². The maximum atomic E-state index is 12.5. The number of nitrogens with zero attached hydrogens (tertiary/aromatic N) is 4. The Bertz CT molecular complexity index is 1160. The minimum Gasteiger partial charge on any atom is -0.266 e. The van der Waals surface area contributed by atoms with Crippen molar-refractivity contribution in [3.05, 3.63) is 86.2 Å². The van der Waals surface area contributed by atoms with Crippen LogP contribution in [0, 0.1) is 6.92 Å². The van der Waals surface area contributed by atoms with E-state index < -0.39 is 0 Å². The highest BCUT2D eigenvalue weighted by molar-refractivity contribution is 7.15. The molecule has 0 atom stereocenters. The third kappa shape index (κ3) is 3.25. The van der Waals surface area contributed by atoms with Crippen LogP contribution in [0.2, 0.25) is 0 Å². The Labute approximate surface area is 147 Å². The van der Waals surface area contributed by atoms with E-state index in [1.165, 1.54) is 21.4 Å². The number of pyridine rings is 1. The molecule has 0 amide bonds. The molecule has 0 N–H and O–H groups in total. The van der Waals surface area contributed by atoms with Gasteiger partial charge in [0.25, 0.3) is 5.56 Å². The van der Waals surface area contributed by atoms with Gasteiger partial charge in [-0.3, -0.25) is 9.78 Å². The van der Waals surface area contributed by atoms with Gasteiger partial charge in [-0.15, -0.1) is 5.10 Å². The van der Waals surface area contributed by atoms with Crippen LogP contribution < -0.4 is 10.1 Å². The van der Waals surface area contributed by atoms with Crippen LogP contribution in [0.1, 0.15) is 22.5 Å². The van der Waals surface area contributed by atoms with Crippen LogP contribution in [0.3, 0.4) is 0 Å². The van der Waals surface area contributed by atoms with E-state index in [0.717, 1.165) is 11.1 Å². The molecule has 5 nitrogen and oxygen atoms in total. The minimum atomic E-state index is -0.161. The Balaban J connectivity index is 1.67. The van der Waals surface area contributed by atoms with Gasteiger partial charge in [0.05, 0.1) is 4.53 Å². The smallest absolute Gasteiger partial charge is 0.266 e. The molecule has 0 unspecified atom stereocenters. The lowest BCUT2D eigenvalue weighted by Gasteiger charge is -1.93. The van der Waals surface area contributed by atoms with E-state index in [4.69, 9.17) is 0 Å². The van der Waals surface area contributed by atoms with Gasteiger partial charge >= 0.3 is 0 Å². The lowest BCUT2D eigenvalue weighted by Crippen LogP contribution is -2.23. The van der Waals surface area contributed by atoms with Crippen LogP contribution in [0.25, 0.3) is 23.2 Å². The zero-order valence-electron chi connectivity index (χ0n) is 13.5. The molecule has 3 aromatic heterocycles. The van der Waals surface area contributed by atoms with Gasteiger partial charge in [-0.05, 0) is 36.3 Å². The Hall–Kier alpha value is -3.12. The predicted molar refractivity (Wildman–Crippen MR) is 100 cm³/mol. The molecule has 0 saturated heterocycles. The number of hydrogen-bond donors (Lipinski definition) is 0. The van der Waals surface area contributed by atoms with Gasteiger partial charge in [-0.2, -0.15) is 9.50 Å². The molecule has 0 fully saturated rings.